The van der Waals surface area contributed by atoms with E-state index >= 15 is 0 Å². The van der Waals surface area contributed by atoms with Gasteiger partial charge in [0.1, 0.15) is 5.75 Å². The van der Waals surface area contributed by atoms with E-state index in [4.69, 9.17) is 4.74 Å². The molecule has 0 aliphatic heterocycles. The Hall–Kier alpha value is -1.76. The Kier molecular flexibility index (Phi) is 7.17. The molecule has 1 amide bonds. The average molecular weight is 318 g/mol. The molecular weight excluding hydrogens is 297 g/mol. The lowest BCUT2D eigenvalue weighted by Crippen LogP contribution is -2.35. The number of amides is 1. The van der Waals surface area contributed by atoms with Crippen LogP contribution in [0, 0.1) is 0 Å². The summed E-state index contributed by atoms with van der Waals surface area (Å²) in [6.07, 6.45) is -3.66. The van der Waals surface area contributed by atoms with E-state index in [9.17, 15) is 18.0 Å². The van der Waals surface area contributed by atoms with Crippen LogP contribution in [0.15, 0.2) is 24.3 Å². The SMILES string of the molecule is CCN(CCCOc1ccc(NC(C)=O)cc1)CC(F)(F)F. The third kappa shape index (κ3) is 7.87. The third-order valence-electron chi connectivity index (χ3n) is 2.91. The Bertz CT molecular complexity index is 461. The number of rotatable bonds is 8. The number of hydrogen-bond acceptors (Lipinski definition) is 3. The Morgan fingerprint density at radius 2 is 1.91 bits per heavy atom. The summed E-state index contributed by atoms with van der Waals surface area (Å²) in [5.74, 6) is 0.464. The predicted octanol–water partition coefficient (Wildman–Crippen LogP) is 3.30. The number of hydrogen-bond donors (Lipinski definition) is 1. The highest BCUT2D eigenvalue weighted by molar-refractivity contribution is 5.88. The van der Waals surface area contributed by atoms with E-state index in [1.165, 1.54) is 11.8 Å². The second-order valence-corrected chi connectivity index (χ2v) is 4.89. The Labute approximate surface area is 128 Å². The smallest absolute Gasteiger partial charge is 0.401 e. The van der Waals surface area contributed by atoms with Crippen molar-refractivity contribution in [3.8, 4) is 5.75 Å². The molecule has 0 bridgehead atoms. The molecule has 0 saturated carbocycles. The fourth-order valence-electron chi connectivity index (χ4n) is 1.92. The first-order chi connectivity index (χ1) is 10.3. The van der Waals surface area contributed by atoms with E-state index in [0.29, 0.717) is 37.6 Å². The van der Waals surface area contributed by atoms with Crippen LogP contribution >= 0.6 is 0 Å². The van der Waals surface area contributed by atoms with Crippen LogP contribution in [-0.2, 0) is 4.79 Å². The van der Waals surface area contributed by atoms with Crippen LogP contribution in [0.25, 0.3) is 0 Å². The quantitative estimate of drug-likeness (QED) is 0.748. The lowest BCUT2D eigenvalue weighted by molar-refractivity contribution is -0.145. The molecule has 7 heteroatoms. The van der Waals surface area contributed by atoms with E-state index in [0.717, 1.165) is 0 Å². The summed E-state index contributed by atoms with van der Waals surface area (Å²) >= 11 is 0. The molecule has 124 valence electrons. The summed E-state index contributed by atoms with van der Waals surface area (Å²) < 4.78 is 42.3. The van der Waals surface area contributed by atoms with Crippen LogP contribution in [0.5, 0.6) is 5.75 Å². The Balaban J connectivity index is 2.30. The zero-order chi connectivity index (χ0) is 16.6. The molecule has 0 fully saturated rings. The van der Waals surface area contributed by atoms with Gasteiger partial charge in [0.25, 0.3) is 0 Å². The Morgan fingerprint density at radius 3 is 2.41 bits per heavy atom. The second kappa shape index (κ2) is 8.63. The van der Waals surface area contributed by atoms with Gasteiger partial charge in [-0.05, 0) is 37.2 Å². The molecule has 0 saturated heterocycles. The minimum atomic E-state index is -4.17. The lowest BCUT2D eigenvalue weighted by Gasteiger charge is -2.21. The standard InChI is InChI=1S/C15H21F3N2O2/c1-3-20(11-15(16,17)18)9-4-10-22-14-7-5-13(6-8-14)19-12(2)21/h5-8H,3-4,9-11H2,1-2H3,(H,19,21). The van der Waals surface area contributed by atoms with Crippen molar-refractivity contribution in [2.24, 2.45) is 0 Å². The molecule has 0 unspecified atom stereocenters. The molecule has 1 rings (SSSR count). The summed E-state index contributed by atoms with van der Waals surface area (Å²) in [7, 11) is 0. The van der Waals surface area contributed by atoms with Crippen molar-refractivity contribution < 1.29 is 22.7 Å². The first kappa shape index (κ1) is 18.3. The highest BCUT2D eigenvalue weighted by Crippen LogP contribution is 2.17. The molecule has 0 heterocycles. The monoisotopic (exact) mass is 318 g/mol. The van der Waals surface area contributed by atoms with Gasteiger partial charge in [-0.25, -0.2) is 0 Å². The number of nitrogens with one attached hydrogen (secondary N) is 1. The third-order valence-corrected chi connectivity index (χ3v) is 2.91. The van der Waals surface area contributed by atoms with Gasteiger partial charge in [-0.15, -0.1) is 0 Å². The molecule has 1 aromatic rings. The van der Waals surface area contributed by atoms with Crippen LogP contribution in [-0.4, -0.2) is 43.2 Å². The minimum Gasteiger partial charge on any atom is -0.494 e. The largest absolute Gasteiger partial charge is 0.494 e. The van der Waals surface area contributed by atoms with Gasteiger partial charge in [0, 0.05) is 19.2 Å². The van der Waals surface area contributed by atoms with Gasteiger partial charge < -0.3 is 10.1 Å². The van der Waals surface area contributed by atoms with E-state index in [1.54, 1.807) is 31.2 Å². The fraction of sp³-hybridized carbons (Fsp3) is 0.533. The summed E-state index contributed by atoms with van der Waals surface area (Å²) in [6.45, 7) is 3.26. The molecule has 0 aromatic heterocycles. The fourth-order valence-corrected chi connectivity index (χ4v) is 1.92. The van der Waals surface area contributed by atoms with Crippen LogP contribution in [0.3, 0.4) is 0 Å². The molecule has 0 aliphatic carbocycles. The molecular formula is C15H21F3N2O2. The van der Waals surface area contributed by atoms with Crippen molar-refractivity contribution in [2.45, 2.75) is 26.4 Å². The van der Waals surface area contributed by atoms with Gasteiger partial charge in [-0.1, -0.05) is 6.92 Å². The zero-order valence-electron chi connectivity index (χ0n) is 12.7. The van der Waals surface area contributed by atoms with Crippen molar-refractivity contribution >= 4 is 11.6 Å². The highest BCUT2D eigenvalue weighted by atomic mass is 19.4. The maximum Gasteiger partial charge on any atom is 0.401 e. The molecule has 0 atom stereocenters. The first-order valence-corrected chi connectivity index (χ1v) is 7.09. The second-order valence-electron chi connectivity index (χ2n) is 4.89. The van der Waals surface area contributed by atoms with E-state index in [1.807, 2.05) is 0 Å². The van der Waals surface area contributed by atoms with Crippen molar-refractivity contribution in [1.82, 2.24) is 4.90 Å². The summed E-state index contributed by atoms with van der Waals surface area (Å²) in [4.78, 5) is 12.2. The summed E-state index contributed by atoms with van der Waals surface area (Å²) in [5.41, 5.74) is 0.669. The maximum absolute atomic E-state index is 12.3. The van der Waals surface area contributed by atoms with Crippen molar-refractivity contribution in [3.63, 3.8) is 0 Å². The van der Waals surface area contributed by atoms with E-state index in [-0.39, 0.29) is 5.91 Å². The number of halogens is 3. The van der Waals surface area contributed by atoms with Gasteiger partial charge in [0.05, 0.1) is 13.2 Å². The molecule has 0 aliphatic rings. The van der Waals surface area contributed by atoms with Crippen molar-refractivity contribution in [3.05, 3.63) is 24.3 Å². The van der Waals surface area contributed by atoms with Crippen molar-refractivity contribution in [1.29, 1.82) is 0 Å². The Morgan fingerprint density at radius 1 is 1.27 bits per heavy atom. The first-order valence-electron chi connectivity index (χ1n) is 7.09. The number of ether oxygens (including phenoxy) is 1. The predicted molar refractivity (Wildman–Crippen MR) is 79.0 cm³/mol. The van der Waals surface area contributed by atoms with Crippen LogP contribution in [0.4, 0.5) is 18.9 Å². The van der Waals surface area contributed by atoms with Gasteiger partial charge in [0.2, 0.25) is 5.91 Å². The summed E-state index contributed by atoms with van der Waals surface area (Å²) in [5, 5.41) is 2.64. The number of carbonyl (C=O) groups is 1. The highest BCUT2D eigenvalue weighted by Gasteiger charge is 2.29. The van der Waals surface area contributed by atoms with Gasteiger partial charge in [0.15, 0.2) is 0 Å². The normalized spacial score (nSPS) is 11.5. The number of alkyl halides is 3. The van der Waals surface area contributed by atoms with E-state index in [2.05, 4.69) is 5.32 Å². The summed E-state index contributed by atoms with van der Waals surface area (Å²) in [6, 6.07) is 6.83. The molecule has 0 spiro atoms. The average Bonchev–Trinajstić information content (AvgIpc) is 2.42. The molecule has 22 heavy (non-hydrogen) atoms. The number of benzene rings is 1. The van der Waals surface area contributed by atoms with Gasteiger partial charge in [-0.2, -0.15) is 13.2 Å². The van der Waals surface area contributed by atoms with Crippen LogP contribution in [0.1, 0.15) is 20.3 Å². The van der Waals surface area contributed by atoms with E-state index < -0.39 is 12.7 Å². The lowest BCUT2D eigenvalue weighted by atomic mass is 10.3. The van der Waals surface area contributed by atoms with Crippen molar-refractivity contribution in [2.75, 3.05) is 31.6 Å². The number of anilines is 1. The molecule has 4 nitrogen and oxygen atoms in total. The zero-order valence-corrected chi connectivity index (χ0v) is 12.7. The topological polar surface area (TPSA) is 41.6 Å². The van der Waals surface area contributed by atoms with Crippen LogP contribution in [0.2, 0.25) is 0 Å². The van der Waals surface area contributed by atoms with Gasteiger partial charge in [-0.3, -0.25) is 9.69 Å². The molecule has 0 radical (unpaired) electrons. The number of carbonyl (C=O) groups excluding carboxylic acids is 1. The van der Waals surface area contributed by atoms with Gasteiger partial charge >= 0.3 is 6.18 Å². The minimum absolute atomic E-state index is 0.155. The number of nitrogens with zero attached hydrogens (tertiary/aromatic N) is 1. The molecule has 1 N–H and O–H groups in total. The van der Waals surface area contributed by atoms with Crippen LogP contribution < -0.4 is 10.1 Å². The maximum atomic E-state index is 12.3. The molecule has 1 aromatic carbocycles.